The number of para-hydroxylation sites is 1. The molecule has 0 aliphatic carbocycles. The second-order valence-corrected chi connectivity index (χ2v) is 6.45. The van der Waals surface area contributed by atoms with Crippen molar-refractivity contribution in [3.8, 4) is 23.0 Å². The maximum atomic E-state index is 5.71. The Balaban J connectivity index is 1.47. The van der Waals surface area contributed by atoms with Crippen LogP contribution in [0.4, 0.5) is 0 Å². The van der Waals surface area contributed by atoms with Crippen LogP contribution in [0.2, 0.25) is 0 Å². The van der Waals surface area contributed by atoms with Crippen molar-refractivity contribution in [2.24, 2.45) is 0 Å². The van der Waals surface area contributed by atoms with E-state index in [0.717, 1.165) is 37.2 Å². The molecular formula is C20H22N4O2. The van der Waals surface area contributed by atoms with Crippen molar-refractivity contribution in [2.75, 3.05) is 13.1 Å². The van der Waals surface area contributed by atoms with Gasteiger partial charge in [-0.2, -0.15) is 4.98 Å². The molecule has 1 atom stereocenters. The molecule has 0 N–H and O–H groups in total. The van der Waals surface area contributed by atoms with Crippen LogP contribution in [0.3, 0.4) is 0 Å². The van der Waals surface area contributed by atoms with E-state index in [4.69, 9.17) is 9.26 Å². The fourth-order valence-corrected chi connectivity index (χ4v) is 3.33. The second-order valence-electron chi connectivity index (χ2n) is 6.45. The molecule has 0 unspecified atom stereocenters. The predicted molar refractivity (Wildman–Crippen MR) is 97.9 cm³/mol. The lowest BCUT2D eigenvalue weighted by atomic mass is 10.2. The Morgan fingerprint density at radius 3 is 2.85 bits per heavy atom. The molecule has 6 nitrogen and oxygen atoms in total. The molecule has 2 aromatic heterocycles. The van der Waals surface area contributed by atoms with Crippen molar-refractivity contribution in [3.63, 3.8) is 0 Å². The summed E-state index contributed by atoms with van der Waals surface area (Å²) in [5, 5.41) is 4.15. The first-order chi connectivity index (χ1) is 12.8. The van der Waals surface area contributed by atoms with Gasteiger partial charge in [-0.05, 0) is 50.6 Å². The van der Waals surface area contributed by atoms with Crippen molar-refractivity contribution in [2.45, 2.75) is 32.2 Å². The molecule has 0 bridgehead atoms. The SMILES string of the molecule is CCCN1CCC[C@H]1c1nc(-c2ccc(Oc3ccccc3)nc2)no1. The van der Waals surface area contributed by atoms with Gasteiger partial charge in [0.1, 0.15) is 5.75 Å². The minimum absolute atomic E-state index is 0.241. The number of nitrogens with zero attached hydrogens (tertiary/aromatic N) is 4. The van der Waals surface area contributed by atoms with Crippen molar-refractivity contribution in [1.29, 1.82) is 0 Å². The van der Waals surface area contributed by atoms with Gasteiger partial charge in [0.2, 0.25) is 17.6 Å². The van der Waals surface area contributed by atoms with Crippen LogP contribution in [0.1, 0.15) is 38.1 Å². The highest BCUT2D eigenvalue weighted by Crippen LogP contribution is 2.32. The third kappa shape index (κ3) is 3.60. The topological polar surface area (TPSA) is 64.3 Å². The molecule has 0 amide bonds. The molecule has 3 heterocycles. The number of rotatable bonds is 6. The largest absolute Gasteiger partial charge is 0.439 e. The van der Waals surface area contributed by atoms with Gasteiger partial charge in [0.15, 0.2) is 0 Å². The molecule has 134 valence electrons. The number of hydrogen-bond acceptors (Lipinski definition) is 6. The highest BCUT2D eigenvalue weighted by molar-refractivity contribution is 5.53. The first-order valence-corrected chi connectivity index (χ1v) is 9.10. The number of hydrogen-bond donors (Lipinski definition) is 0. The van der Waals surface area contributed by atoms with Crippen LogP contribution >= 0.6 is 0 Å². The molecule has 6 heteroatoms. The van der Waals surface area contributed by atoms with E-state index < -0.39 is 0 Å². The zero-order valence-electron chi connectivity index (χ0n) is 14.8. The molecule has 1 aliphatic rings. The van der Waals surface area contributed by atoms with Gasteiger partial charge < -0.3 is 9.26 Å². The third-order valence-electron chi connectivity index (χ3n) is 4.56. The Bertz CT molecular complexity index is 833. The van der Waals surface area contributed by atoms with E-state index in [-0.39, 0.29) is 6.04 Å². The van der Waals surface area contributed by atoms with Crippen LogP contribution in [-0.2, 0) is 0 Å². The molecule has 4 rings (SSSR count). The number of pyridine rings is 1. The predicted octanol–water partition coefficient (Wildman–Crippen LogP) is 4.47. The van der Waals surface area contributed by atoms with Gasteiger partial charge in [0.05, 0.1) is 6.04 Å². The van der Waals surface area contributed by atoms with Crippen LogP contribution in [0.25, 0.3) is 11.4 Å². The van der Waals surface area contributed by atoms with Gasteiger partial charge >= 0.3 is 0 Å². The molecule has 1 saturated heterocycles. The Morgan fingerprint density at radius 1 is 1.19 bits per heavy atom. The summed E-state index contributed by atoms with van der Waals surface area (Å²) >= 11 is 0. The molecule has 0 radical (unpaired) electrons. The molecule has 3 aromatic rings. The summed E-state index contributed by atoms with van der Waals surface area (Å²) in [4.78, 5) is 11.4. The molecule has 0 saturated carbocycles. The zero-order chi connectivity index (χ0) is 17.8. The van der Waals surface area contributed by atoms with Crippen LogP contribution in [0.15, 0.2) is 53.2 Å². The quantitative estimate of drug-likeness (QED) is 0.653. The summed E-state index contributed by atoms with van der Waals surface area (Å²) in [5.74, 6) is 2.57. The first-order valence-electron chi connectivity index (χ1n) is 9.10. The summed E-state index contributed by atoms with van der Waals surface area (Å²) < 4.78 is 11.3. The Morgan fingerprint density at radius 2 is 2.08 bits per heavy atom. The van der Waals surface area contributed by atoms with Crippen LogP contribution in [0, 0.1) is 0 Å². The Hall–Kier alpha value is -2.73. The van der Waals surface area contributed by atoms with Crippen molar-refractivity contribution >= 4 is 0 Å². The van der Waals surface area contributed by atoms with Gasteiger partial charge in [-0.1, -0.05) is 30.3 Å². The van der Waals surface area contributed by atoms with Gasteiger partial charge in [0.25, 0.3) is 0 Å². The van der Waals surface area contributed by atoms with Crippen molar-refractivity contribution in [3.05, 3.63) is 54.6 Å². The summed E-state index contributed by atoms with van der Waals surface area (Å²) in [6.45, 7) is 4.36. The number of likely N-dealkylation sites (tertiary alicyclic amines) is 1. The summed E-state index contributed by atoms with van der Waals surface area (Å²) in [6.07, 6.45) is 5.09. The number of ether oxygens (including phenoxy) is 1. The van der Waals surface area contributed by atoms with Gasteiger partial charge in [-0.3, -0.25) is 4.90 Å². The normalized spacial score (nSPS) is 17.5. The van der Waals surface area contributed by atoms with Gasteiger partial charge in [-0.15, -0.1) is 0 Å². The van der Waals surface area contributed by atoms with E-state index in [1.807, 2.05) is 42.5 Å². The summed E-state index contributed by atoms with van der Waals surface area (Å²) in [7, 11) is 0. The Labute approximate surface area is 152 Å². The van der Waals surface area contributed by atoms with Crippen LogP contribution in [-0.4, -0.2) is 33.1 Å². The zero-order valence-corrected chi connectivity index (χ0v) is 14.8. The lowest BCUT2D eigenvalue weighted by molar-refractivity contribution is 0.208. The average molecular weight is 350 g/mol. The average Bonchev–Trinajstić information content (AvgIpc) is 3.33. The Kier molecular flexibility index (Phi) is 4.93. The fourth-order valence-electron chi connectivity index (χ4n) is 3.33. The van der Waals surface area contributed by atoms with E-state index in [2.05, 4.69) is 26.9 Å². The lowest BCUT2D eigenvalue weighted by Crippen LogP contribution is -2.24. The van der Waals surface area contributed by atoms with Crippen molar-refractivity contribution < 1.29 is 9.26 Å². The number of aromatic nitrogens is 3. The molecule has 1 aliphatic heterocycles. The highest BCUT2D eigenvalue weighted by atomic mass is 16.5. The molecule has 0 spiro atoms. The van der Waals surface area contributed by atoms with E-state index in [9.17, 15) is 0 Å². The maximum Gasteiger partial charge on any atom is 0.244 e. The lowest BCUT2D eigenvalue weighted by Gasteiger charge is -2.20. The summed E-state index contributed by atoms with van der Waals surface area (Å²) in [6, 6.07) is 13.5. The van der Waals surface area contributed by atoms with Crippen LogP contribution in [0.5, 0.6) is 11.6 Å². The fraction of sp³-hybridized carbons (Fsp3) is 0.350. The highest BCUT2D eigenvalue weighted by Gasteiger charge is 2.30. The maximum absolute atomic E-state index is 5.71. The molecule has 1 aromatic carbocycles. The minimum Gasteiger partial charge on any atom is -0.439 e. The molecular weight excluding hydrogens is 328 g/mol. The minimum atomic E-state index is 0.241. The van der Waals surface area contributed by atoms with E-state index in [1.54, 1.807) is 6.20 Å². The van der Waals surface area contributed by atoms with E-state index >= 15 is 0 Å². The molecule has 1 fully saturated rings. The first kappa shape index (κ1) is 16.7. The van der Waals surface area contributed by atoms with Crippen molar-refractivity contribution in [1.82, 2.24) is 20.0 Å². The number of benzene rings is 1. The van der Waals surface area contributed by atoms with E-state index in [1.165, 1.54) is 6.42 Å². The third-order valence-corrected chi connectivity index (χ3v) is 4.56. The standard InChI is InChI=1S/C20H22N4O2/c1-2-12-24-13-6-9-17(24)20-22-19(23-26-20)15-10-11-18(21-14-15)25-16-7-4-3-5-8-16/h3-5,7-8,10-11,14,17H,2,6,9,12-13H2,1H3/t17-/m0/s1. The van der Waals surface area contributed by atoms with Gasteiger partial charge in [-0.25, -0.2) is 4.98 Å². The monoisotopic (exact) mass is 350 g/mol. The van der Waals surface area contributed by atoms with Crippen LogP contribution < -0.4 is 4.74 Å². The van der Waals surface area contributed by atoms with Gasteiger partial charge in [0, 0.05) is 17.8 Å². The summed E-state index contributed by atoms with van der Waals surface area (Å²) in [5.41, 5.74) is 0.820. The second kappa shape index (κ2) is 7.66. The molecule has 26 heavy (non-hydrogen) atoms. The smallest absolute Gasteiger partial charge is 0.244 e. The van der Waals surface area contributed by atoms with E-state index in [0.29, 0.717) is 17.6 Å².